The van der Waals surface area contributed by atoms with Gasteiger partial charge >= 0.3 is 6.03 Å². The fourth-order valence-corrected chi connectivity index (χ4v) is 3.42. The number of hydrogen-bond donors (Lipinski definition) is 1. The fourth-order valence-electron chi connectivity index (χ4n) is 3.42. The van der Waals surface area contributed by atoms with E-state index >= 15 is 0 Å². The highest BCUT2D eigenvalue weighted by Crippen LogP contribution is 2.33. The van der Waals surface area contributed by atoms with Gasteiger partial charge in [0.15, 0.2) is 11.5 Å². The molecule has 1 N–H and O–H groups in total. The number of carbonyl (C=O) groups excluding carboxylic acids is 1. The van der Waals surface area contributed by atoms with Crippen LogP contribution in [0.3, 0.4) is 0 Å². The number of benzene rings is 1. The molecule has 1 fully saturated rings. The van der Waals surface area contributed by atoms with E-state index in [1.807, 2.05) is 37.3 Å². The molecule has 2 unspecified atom stereocenters. The molecule has 2 aliphatic rings. The SMILES string of the molecule is CCC(NC(=O)N1CCOC(c2ccco2)C1)c1ccc2c(c1)OCCO2. The maximum atomic E-state index is 12.8. The van der Waals surface area contributed by atoms with Crippen LogP contribution in [0.5, 0.6) is 11.5 Å². The predicted octanol–water partition coefficient (Wildman–Crippen LogP) is 3.29. The zero-order valence-corrected chi connectivity index (χ0v) is 15.3. The Morgan fingerprint density at radius 3 is 2.85 bits per heavy atom. The Kier molecular flexibility index (Phi) is 5.20. The third-order valence-electron chi connectivity index (χ3n) is 4.89. The molecule has 27 heavy (non-hydrogen) atoms. The molecule has 2 aromatic rings. The summed E-state index contributed by atoms with van der Waals surface area (Å²) in [7, 11) is 0. The van der Waals surface area contributed by atoms with Crippen LogP contribution in [0.4, 0.5) is 4.79 Å². The van der Waals surface area contributed by atoms with Crippen molar-refractivity contribution in [3.8, 4) is 11.5 Å². The van der Waals surface area contributed by atoms with Crippen LogP contribution in [0.2, 0.25) is 0 Å². The maximum Gasteiger partial charge on any atom is 0.318 e. The molecule has 3 heterocycles. The van der Waals surface area contributed by atoms with Crippen LogP contribution in [-0.2, 0) is 4.74 Å². The second-order valence-corrected chi connectivity index (χ2v) is 6.63. The van der Waals surface area contributed by atoms with E-state index in [-0.39, 0.29) is 18.2 Å². The molecule has 7 nitrogen and oxygen atoms in total. The highest BCUT2D eigenvalue weighted by molar-refractivity contribution is 5.75. The van der Waals surface area contributed by atoms with Crippen LogP contribution in [0.15, 0.2) is 41.0 Å². The Balaban J connectivity index is 1.42. The van der Waals surface area contributed by atoms with Gasteiger partial charge in [-0.25, -0.2) is 4.79 Å². The van der Waals surface area contributed by atoms with E-state index in [1.54, 1.807) is 11.2 Å². The summed E-state index contributed by atoms with van der Waals surface area (Å²) in [6.07, 6.45) is 2.16. The number of fused-ring (bicyclic) bond motifs is 1. The van der Waals surface area contributed by atoms with Crippen molar-refractivity contribution in [2.75, 3.05) is 32.9 Å². The van der Waals surface area contributed by atoms with Gasteiger partial charge < -0.3 is 28.8 Å². The van der Waals surface area contributed by atoms with E-state index in [2.05, 4.69) is 5.32 Å². The number of nitrogens with one attached hydrogen (secondary N) is 1. The van der Waals surface area contributed by atoms with Gasteiger partial charge in [0.05, 0.1) is 25.5 Å². The van der Waals surface area contributed by atoms with E-state index in [0.717, 1.165) is 29.2 Å². The van der Waals surface area contributed by atoms with Gasteiger partial charge in [-0.05, 0) is 36.2 Å². The molecule has 7 heteroatoms. The summed E-state index contributed by atoms with van der Waals surface area (Å²) in [5.41, 5.74) is 1.01. The summed E-state index contributed by atoms with van der Waals surface area (Å²) in [4.78, 5) is 14.6. The first-order valence-corrected chi connectivity index (χ1v) is 9.34. The highest BCUT2D eigenvalue weighted by atomic mass is 16.6. The molecule has 1 saturated heterocycles. The smallest absolute Gasteiger partial charge is 0.318 e. The number of rotatable bonds is 4. The topological polar surface area (TPSA) is 73.2 Å². The largest absolute Gasteiger partial charge is 0.486 e. The first-order valence-electron chi connectivity index (χ1n) is 9.34. The van der Waals surface area contributed by atoms with Gasteiger partial charge in [0.2, 0.25) is 0 Å². The van der Waals surface area contributed by atoms with Crippen LogP contribution >= 0.6 is 0 Å². The van der Waals surface area contributed by atoms with Crippen LogP contribution in [0, 0.1) is 0 Å². The summed E-state index contributed by atoms with van der Waals surface area (Å²) in [5.74, 6) is 2.22. The van der Waals surface area contributed by atoms with Crippen molar-refractivity contribution in [2.45, 2.75) is 25.5 Å². The number of hydrogen-bond acceptors (Lipinski definition) is 5. The van der Waals surface area contributed by atoms with Crippen molar-refractivity contribution in [3.63, 3.8) is 0 Å². The number of furan rings is 1. The Morgan fingerprint density at radius 2 is 2.07 bits per heavy atom. The molecule has 144 valence electrons. The van der Waals surface area contributed by atoms with Gasteiger partial charge in [-0.3, -0.25) is 0 Å². The molecule has 2 aliphatic heterocycles. The first kappa shape index (κ1) is 17.7. The summed E-state index contributed by atoms with van der Waals surface area (Å²) >= 11 is 0. The van der Waals surface area contributed by atoms with Crippen LogP contribution in [0.1, 0.15) is 36.8 Å². The fraction of sp³-hybridized carbons (Fsp3) is 0.450. The van der Waals surface area contributed by atoms with Gasteiger partial charge in [-0.15, -0.1) is 0 Å². The van der Waals surface area contributed by atoms with Crippen LogP contribution < -0.4 is 14.8 Å². The quantitative estimate of drug-likeness (QED) is 0.892. The lowest BCUT2D eigenvalue weighted by Gasteiger charge is -2.33. The Labute approximate surface area is 158 Å². The average molecular weight is 372 g/mol. The van der Waals surface area contributed by atoms with Crippen molar-refractivity contribution in [1.29, 1.82) is 0 Å². The lowest BCUT2D eigenvalue weighted by molar-refractivity contribution is -0.0263. The minimum atomic E-state index is -0.228. The molecule has 2 atom stereocenters. The number of amides is 2. The highest BCUT2D eigenvalue weighted by Gasteiger charge is 2.28. The zero-order valence-electron chi connectivity index (χ0n) is 15.3. The normalized spacial score (nSPS) is 20.2. The van der Waals surface area contributed by atoms with Gasteiger partial charge in [0.25, 0.3) is 0 Å². The number of morpholine rings is 1. The van der Waals surface area contributed by atoms with Gasteiger partial charge in [-0.1, -0.05) is 13.0 Å². The van der Waals surface area contributed by atoms with E-state index in [1.165, 1.54) is 0 Å². The number of carbonyl (C=O) groups is 1. The Bertz CT molecular complexity index is 777. The second kappa shape index (κ2) is 7.92. The summed E-state index contributed by atoms with van der Waals surface area (Å²) in [6.45, 7) is 4.67. The van der Waals surface area contributed by atoms with Crippen molar-refractivity contribution in [2.24, 2.45) is 0 Å². The van der Waals surface area contributed by atoms with Gasteiger partial charge in [0.1, 0.15) is 25.1 Å². The molecule has 0 spiro atoms. The summed E-state index contributed by atoms with van der Waals surface area (Å²) < 4.78 is 22.4. The molecule has 1 aromatic carbocycles. The number of urea groups is 1. The van der Waals surface area contributed by atoms with Crippen molar-refractivity contribution < 1.29 is 23.4 Å². The predicted molar refractivity (Wildman–Crippen MR) is 98.0 cm³/mol. The Hall–Kier alpha value is -2.67. The van der Waals surface area contributed by atoms with Crippen molar-refractivity contribution in [3.05, 3.63) is 47.9 Å². The first-order chi connectivity index (χ1) is 13.2. The maximum absolute atomic E-state index is 12.8. The second-order valence-electron chi connectivity index (χ2n) is 6.63. The molecule has 4 rings (SSSR count). The van der Waals surface area contributed by atoms with E-state index in [9.17, 15) is 4.79 Å². The van der Waals surface area contributed by atoms with Crippen LogP contribution in [-0.4, -0.2) is 43.8 Å². The summed E-state index contributed by atoms with van der Waals surface area (Å²) in [5, 5.41) is 3.13. The zero-order chi connectivity index (χ0) is 18.6. The molecular formula is C20H24N2O5. The molecule has 1 aromatic heterocycles. The molecule has 0 bridgehead atoms. The summed E-state index contributed by atoms with van der Waals surface area (Å²) in [6, 6.07) is 9.33. The van der Waals surface area contributed by atoms with Crippen molar-refractivity contribution >= 4 is 6.03 Å². The Morgan fingerprint density at radius 1 is 1.22 bits per heavy atom. The van der Waals surface area contributed by atoms with E-state index < -0.39 is 0 Å². The molecule has 0 aliphatic carbocycles. The van der Waals surface area contributed by atoms with E-state index in [4.69, 9.17) is 18.6 Å². The molecule has 0 radical (unpaired) electrons. The lowest BCUT2D eigenvalue weighted by atomic mass is 10.0. The minimum Gasteiger partial charge on any atom is -0.486 e. The molecule has 2 amide bonds. The lowest BCUT2D eigenvalue weighted by Crippen LogP contribution is -2.47. The number of ether oxygens (including phenoxy) is 3. The van der Waals surface area contributed by atoms with E-state index in [0.29, 0.717) is 32.9 Å². The standard InChI is InChI=1S/C20H24N2O5/c1-2-15(14-5-6-17-18(12-14)27-11-10-26-17)21-20(23)22-7-9-25-19(13-22)16-4-3-8-24-16/h3-6,8,12,15,19H,2,7,9-11,13H2,1H3,(H,21,23). The minimum absolute atomic E-state index is 0.0989. The van der Waals surface area contributed by atoms with Crippen LogP contribution in [0.25, 0.3) is 0 Å². The molecular weight excluding hydrogens is 348 g/mol. The monoisotopic (exact) mass is 372 g/mol. The number of nitrogens with zero attached hydrogens (tertiary/aromatic N) is 1. The third kappa shape index (κ3) is 3.88. The van der Waals surface area contributed by atoms with Gasteiger partial charge in [0, 0.05) is 6.54 Å². The average Bonchev–Trinajstić information content (AvgIpc) is 3.26. The third-order valence-corrected chi connectivity index (χ3v) is 4.89. The van der Waals surface area contributed by atoms with Crippen molar-refractivity contribution in [1.82, 2.24) is 10.2 Å². The molecule has 0 saturated carbocycles. The van der Waals surface area contributed by atoms with Gasteiger partial charge in [-0.2, -0.15) is 0 Å².